The van der Waals surface area contributed by atoms with Crippen LogP contribution >= 0.6 is 0 Å². The number of aliphatic hydroxyl groups is 1. The molecule has 1 aromatic carbocycles. The molecule has 37 heavy (non-hydrogen) atoms. The summed E-state index contributed by atoms with van der Waals surface area (Å²) in [6.07, 6.45) is 6.36. The van der Waals surface area contributed by atoms with Crippen LogP contribution in [-0.2, 0) is 15.8 Å². The first-order chi connectivity index (χ1) is 17.1. The molecular formula is C31H54BNO4. The van der Waals surface area contributed by atoms with E-state index >= 15 is 0 Å². The third-order valence-electron chi connectivity index (χ3n) is 6.95. The van der Waals surface area contributed by atoms with Crippen molar-refractivity contribution >= 4 is 13.9 Å². The maximum Gasteiger partial charge on any atom is 0.408 e. The first-order valence-corrected chi connectivity index (χ1v) is 13.8. The van der Waals surface area contributed by atoms with Crippen molar-refractivity contribution in [1.29, 1.82) is 0 Å². The van der Waals surface area contributed by atoms with Gasteiger partial charge in [-0.3, -0.25) is 0 Å². The van der Waals surface area contributed by atoms with Gasteiger partial charge < -0.3 is 19.9 Å². The van der Waals surface area contributed by atoms with Crippen molar-refractivity contribution in [2.24, 2.45) is 11.3 Å². The van der Waals surface area contributed by atoms with Crippen LogP contribution in [0, 0.1) is 18.3 Å². The van der Waals surface area contributed by atoms with Crippen molar-refractivity contribution in [2.75, 3.05) is 13.7 Å². The van der Waals surface area contributed by atoms with E-state index in [-0.39, 0.29) is 5.41 Å². The Balaban J connectivity index is 0.000000524. The predicted molar refractivity (Wildman–Crippen MR) is 157 cm³/mol. The van der Waals surface area contributed by atoms with Gasteiger partial charge in [-0.15, -0.1) is 0 Å². The lowest BCUT2D eigenvalue weighted by Crippen LogP contribution is -2.46. The van der Waals surface area contributed by atoms with Crippen molar-refractivity contribution in [3.8, 4) is 0 Å². The minimum atomic E-state index is -0.530. The van der Waals surface area contributed by atoms with Crippen LogP contribution in [0.1, 0.15) is 106 Å². The van der Waals surface area contributed by atoms with Crippen LogP contribution in [0.15, 0.2) is 35.6 Å². The van der Waals surface area contributed by atoms with Gasteiger partial charge in [-0.1, -0.05) is 75.8 Å². The molecule has 2 N–H and O–H groups in total. The van der Waals surface area contributed by atoms with Gasteiger partial charge in [-0.2, -0.15) is 0 Å². The molecule has 2 saturated carbocycles. The Labute approximate surface area is 229 Å². The van der Waals surface area contributed by atoms with E-state index in [4.69, 9.17) is 17.3 Å². The second kappa shape index (κ2) is 16.1. The quantitative estimate of drug-likeness (QED) is 0.304. The van der Waals surface area contributed by atoms with E-state index in [1.165, 1.54) is 36.0 Å². The van der Waals surface area contributed by atoms with Gasteiger partial charge in [0.15, 0.2) is 0 Å². The Hall–Kier alpha value is -1.95. The molecule has 3 rings (SSSR count). The van der Waals surface area contributed by atoms with Crippen molar-refractivity contribution < 1.29 is 19.4 Å². The number of nitrogens with one attached hydrogen (secondary N) is 1. The lowest BCUT2D eigenvalue weighted by atomic mass is 9.60. The predicted octanol–water partition coefficient (Wildman–Crippen LogP) is 7.48. The number of benzene rings is 1. The zero-order valence-electron chi connectivity index (χ0n) is 25.6. The molecule has 0 heterocycles. The maximum atomic E-state index is 11.3. The Morgan fingerprint density at radius 3 is 1.95 bits per heavy atom. The first-order valence-electron chi connectivity index (χ1n) is 13.8. The normalized spacial score (nSPS) is 14.8. The second-order valence-electron chi connectivity index (χ2n) is 11.7. The van der Waals surface area contributed by atoms with Gasteiger partial charge in [-0.05, 0) is 84.1 Å². The summed E-state index contributed by atoms with van der Waals surface area (Å²) in [7, 11) is 7.04. The molecule has 0 spiro atoms. The fourth-order valence-electron chi connectivity index (χ4n) is 3.62. The summed E-state index contributed by atoms with van der Waals surface area (Å²) in [6, 6.07) is 8.23. The fourth-order valence-corrected chi connectivity index (χ4v) is 3.62. The fraction of sp³-hybridized carbons (Fsp3) is 0.710. The molecular weight excluding hydrogens is 461 g/mol. The van der Waals surface area contributed by atoms with Gasteiger partial charge in [0.2, 0.25) is 0 Å². The highest BCUT2D eigenvalue weighted by atomic mass is 16.6. The molecule has 0 aromatic heterocycles. The van der Waals surface area contributed by atoms with E-state index in [1.54, 1.807) is 7.11 Å². The number of ether oxygens (including phenoxy) is 2. The number of carbonyl (C=O) groups excluding carboxylic acids is 1. The number of carbonyl (C=O) groups is 1. The van der Waals surface area contributed by atoms with Crippen LogP contribution in [0.4, 0.5) is 4.79 Å². The summed E-state index contributed by atoms with van der Waals surface area (Å²) in [5, 5.41) is 12.5. The van der Waals surface area contributed by atoms with Crippen LogP contribution in [0.2, 0.25) is 0 Å². The van der Waals surface area contributed by atoms with Crippen LogP contribution in [0.25, 0.3) is 0 Å². The summed E-state index contributed by atoms with van der Waals surface area (Å²) in [6.45, 7) is 20.2. The third-order valence-corrected chi connectivity index (χ3v) is 6.95. The van der Waals surface area contributed by atoms with Crippen LogP contribution in [-0.4, -0.2) is 43.9 Å². The molecule has 210 valence electrons. The number of hydrogen-bond acceptors (Lipinski definition) is 4. The molecule has 2 aliphatic rings. The molecule has 2 fully saturated rings. The van der Waals surface area contributed by atoms with Gasteiger partial charge in [0.1, 0.15) is 11.4 Å². The standard InChI is InChI=1S/C11H19NO3.C10H20O.C8H9B.C2H6/c1-11(2,3)15-10(13)12-7-9(14-4)8-5-6-8;1-9(2,10(3,4)11)8-6-5-7-8;1-7-3-2-4-8(5-7)6-9;1-2/h5-7H2,1-4H3,(H,12,13);8,11H,5-7H2,1-4H3;2-5H,6H2,1H3;1-2H3. The number of aryl methyl sites for hydroxylation is 1. The van der Waals surface area contributed by atoms with E-state index in [0.29, 0.717) is 12.9 Å². The van der Waals surface area contributed by atoms with Crippen molar-refractivity contribution in [3.63, 3.8) is 0 Å². The average molecular weight is 516 g/mol. The molecule has 0 unspecified atom stereocenters. The summed E-state index contributed by atoms with van der Waals surface area (Å²) < 4.78 is 10.3. The molecule has 5 nitrogen and oxygen atoms in total. The molecule has 0 aliphatic heterocycles. The van der Waals surface area contributed by atoms with Gasteiger partial charge in [0, 0.05) is 0 Å². The smallest absolute Gasteiger partial charge is 0.408 e. The van der Waals surface area contributed by atoms with Crippen LogP contribution < -0.4 is 5.32 Å². The number of alkyl carbamates (subject to hydrolysis) is 1. The molecule has 2 radical (unpaired) electrons. The van der Waals surface area contributed by atoms with Gasteiger partial charge >= 0.3 is 6.09 Å². The molecule has 0 saturated heterocycles. The van der Waals surface area contributed by atoms with Gasteiger partial charge in [0.05, 0.1) is 27.1 Å². The minimum Gasteiger partial charge on any atom is -0.499 e. The number of amides is 1. The Morgan fingerprint density at radius 2 is 1.65 bits per heavy atom. The number of hydrogen-bond donors (Lipinski definition) is 2. The summed E-state index contributed by atoms with van der Waals surface area (Å²) in [4.78, 5) is 11.3. The van der Waals surface area contributed by atoms with E-state index in [1.807, 2.05) is 60.6 Å². The summed E-state index contributed by atoms with van der Waals surface area (Å²) in [5.41, 5.74) is 2.87. The highest BCUT2D eigenvalue weighted by Crippen LogP contribution is 2.47. The van der Waals surface area contributed by atoms with E-state index < -0.39 is 17.3 Å². The van der Waals surface area contributed by atoms with Crippen molar-refractivity contribution in [2.45, 2.75) is 119 Å². The van der Waals surface area contributed by atoms with E-state index in [9.17, 15) is 9.90 Å². The topological polar surface area (TPSA) is 67.8 Å². The average Bonchev–Trinajstić information content (AvgIpc) is 3.58. The third kappa shape index (κ3) is 14.0. The molecule has 1 aromatic rings. The van der Waals surface area contributed by atoms with E-state index in [2.05, 4.69) is 38.2 Å². The summed E-state index contributed by atoms with van der Waals surface area (Å²) >= 11 is 0. The monoisotopic (exact) mass is 515 g/mol. The second-order valence-corrected chi connectivity index (χ2v) is 11.7. The molecule has 2 aliphatic carbocycles. The largest absolute Gasteiger partial charge is 0.499 e. The lowest BCUT2D eigenvalue weighted by molar-refractivity contribution is -0.0880. The molecule has 0 bridgehead atoms. The maximum absolute atomic E-state index is 11.3. The number of rotatable bonds is 6. The number of methoxy groups -OCH3 is 1. The molecule has 6 heteroatoms. The zero-order chi connectivity index (χ0) is 28.9. The van der Waals surface area contributed by atoms with Crippen molar-refractivity contribution in [3.05, 3.63) is 46.7 Å². The minimum absolute atomic E-state index is 0.0885. The van der Waals surface area contributed by atoms with E-state index in [0.717, 1.165) is 24.5 Å². The lowest BCUT2D eigenvalue weighted by Gasteiger charge is -2.47. The van der Waals surface area contributed by atoms with Crippen LogP contribution in [0.3, 0.4) is 0 Å². The number of allylic oxidation sites excluding steroid dienone is 1. The first kappa shape index (κ1) is 35.1. The Bertz CT molecular complexity index is 824. The zero-order valence-corrected chi connectivity index (χ0v) is 25.6. The summed E-state index contributed by atoms with van der Waals surface area (Å²) in [5.74, 6) is 1.60. The highest BCUT2D eigenvalue weighted by Gasteiger charge is 2.43. The molecule has 1 amide bonds. The Kier molecular flexibility index (Phi) is 15.3. The Morgan fingerprint density at radius 1 is 1.08 bits per heavy atom. The molecule has 0 atom stereocenters. The van der Waals surface area contributed by atoms with Crippen molar-refractivity contribution in [1.82, 2.24) is 5.32 Å². The SMILES string of the molecule is CC.CC(C)(O)C(C)(C)C1CCC1.COC(CNC(=O)OC(C)(C)C)=C1CC1.[B]Cc1cccc(C)c1. The van der Waals surface area contributed by atoms with Crippen LogP contribution in [0.5, 0.6) is 0 Å². The van der Waals surface area contributed by atoms with Gasteiger partial charge in [0.25, 0.3) is 0 Å². The van der Waals surface area contributed by atoms with Gasteiger partial charge in [-0.25, -0.2) is 4.79 Å². The highest BCUT2D eigenvalue weighted by molar-refractivity contribution is 6.08.